The standard InChI is InChI=1S/C17H20N6O2/c1-4-7-21-11-12(10-18-21)14-19-13-15(20-14)22(8-5-2)17(25)23(9-6-3)16(13)24/h1,10-11H,5-9H2,2-3H3,(H,19,20). The lowest BCUT2D eigenvalue weighted by atomic mass is 10.3. The van der Waals surface area contributed by atoms with Gasteiger partial charge in [0.1, 0.15) is 17.9 Å². The van der Waals surface area contributed by atoms with E-state index in [0.717, 1.165) is 6.42 Å². The summed E-state index contributed by atoms with van der Waals surface area (Å²) >= 11 is 0. The van der Waals surface area contributed by atoms with Crippen LogP contribution in [0.25, 0.3) is 22.6 Å². The number of nitrogens with one attached hydrogen (secondary N) is 1. The number of hydrogen-bond donors (Lipinski definition) is 1. The van der Waals surface area contributed by atoms with Crippen molar-refractivity contribution in [2.24, 2.45) is 0 Å². The number of imidazole rings is 1. The van der Waals surface area contributed by atoms with Crippen molar-refractivity contribution in [2.75, 3.05) is 0 Å². The van der Waals surface area contributed by atoms with E-state index in [-0.39, 0.29) is 11.2 Å². The molecule has 3 aromatic heterocycles. The van der Waals surface area contributed by atoms with Crippen LogP contribution in [0.4, 0.5) is 0 Å². The van der Waals surface area contributed by atoms with Crippen molar-refractivity contribution in [3.63, 3.8) is 0 Å². The smallest absolute Gasteiger partial charge is 0.332 e. The van der Waals surface area contributed by atoms with Gasteiger partial charge in [0.25, 0.3) is 5.56 Å². The average Bonchev–Trinajstić information content (AvgIpc) is 3.23. The Morgan fingerprint density at radius 2 is 1.92 bits per heavy atom. The van der Waals surface area contributed by atoms with Gasteiger partial charge in [-0.15, -0.1) is 6.42 Å². The molecule has 0 aliphatic rings. The zero-order valence-electron chi connectivity index (χ0n) is 14.3. The summed E-state index contributed by atoms with van der Waals surface area (Å²) in [6.07, 6.45) is 10.1. The third-order valence-electron chi connectivity index (χ3n) is 3.92. The number of rotatable bonds is 6. The number of aromatic nitrogens is 6. The molecule has 1 N–H and O–H groups in total. The molecule has 0 bridgehead atoms. The molecule has 0 saturated heterocycles. The van der Waals surface area contributed by atoms with Gasteiger partial charge in [-0.3, -0.25) is 18.6 Å². The third kappa shape index (κ3) is 2.89. The molecule has 0 fully saturated rings. The van der Waals surface area contributed by atoms with Gasteiger partial charge in [0.2, 0.25) is 0 Å². The van der Waals surface area contributed by atoms with E-state index in [9.17, 15) is 9.59 Å². The summed E-state index contributed by atoms with van der Waals surface area (Å²) in [5, 5.41) is 4.16. The Morgan fingerprint density at radius 3 is 2.60 bits per heavy atom. The lowest BCUT2D eigenvalue weighted by molar-refractivity contribution is 0.555. The first-order chi connectivity index (χ1) is 12.1. The van der Waals surface area contributed by atoms with Gasteiger partial charge >= 0.3 is 5.69 Å². The van der Waals surface area contributed by atoms with Gasteiger partial charge in [-0.1, -0.05) is 19.8 Å². The van der Waals surface area contributed by atoms with Crippen LogP contribution in [0.5, 0.6) is 0 Å². The molecule has 0 atom stereocenters. The van der Waals surface area contributed by atoms with Crippen LogP contribution >= 0.6 is 0 Å². The van der Waals surface area contributed by atoms with Crippen molar-refractivity contribution < 1.29 is 0 Å². The van der Waals surface area contributed by atoms with E-state index in [1.165, 1.54) is 4.57 Å². The van der Waals surface area contributed by atoms with E-state index in [2.05, 4.69) is 21.0 Å². The highest BCUT2D eigenvalue weighted by Gasteiger charge is 2.17. The molecule has 3 rings (SSSR count). The molecule has 0 radical (unpaired) electrons. The summed E-state index contributed by atoms with van der Waals surface area (Å²) in [6.45, 7) is 5.14. The molecule has 3 heterocycles. The predicted octanol–water partition coefficient (Wildman–Crippen LogP) is 1.20. The second-order valence-corrected chi connectivity index (χ2v) is 5.81. The highest BCUT2D eigenvalue weighted by atomic mass is 16.2. The topological polar surface area (TPSA) is 90.5 Å². The Labute approximate surface area is 144 Å². The van der Waals surface area contributed by atoms with E-state index in [4.69, 9.17) is 6.42 Å². The van der Waals surface area contributed by atoms with Crippen molar-refractivity contribution >= 4 is 11.2 Å². The lowest BCUT2D eigenvalue weighted by Crippen LogP contribution is -2.40. The summed E-state index contributed by atoms with van der Waals surface area (Å²) < 4.78 is 4.43. The molecule has 0 spiro atoms. The fraction of sp³-hybridized carbons (Fsp3) is 0.412. The summed E-state index contributed by atoms with van der Waals surface area (Å²) in [5.74, 6) is 3.00. The zero-order valence-corrected chi connectivity index (χ0v) is 14.3. The fourth-order valence-corrected chi connectivity index (χ4v) is 2.82. The first kappa shape index (κ1) is 16.8. The molecule has 0 saturated carbocycles. The number of H-pyrrole nitrogens is 1. The highest BCUT2D eigenvalue weighted by molar-refractivity contribution is 5.75. The number of hydrogen-bond acceptors (Lipinski definition) is 4. The van der Waals surface area contributed by atoms with Crippen LogP contribution in [-0.2, 0) is 19.6 Å². The van der Waals surface area contributed by atoms with Gasteiger partial charge in [0.05, 0.1) is 11.8 Å². The van der Waals surface area contributed by atoms with Crippen LogP contribution in [0, 0.1) is 12.3 Å². The van der Waals surface area contributed by atoms with Gasteiger partial charge in [0, 0.05) is 19.3 Å². The Kier molecular flexibility index (Phi) is 4.57. The minimum Gasteiger partial charge on any atom is -0.332 e. The van der Waals surface area contributed by atoms with Gasteiger partial charge in [0.15, 0.2) is 5.65 Å². The van der Waals surface area contributed by atoms with Gasteiger partial charge in [-0.2, -0.15) is 5.10 Å². The second-order valence-electron chi connectivity index (χ2n) is 5.81. The van der Waals surface area contributed by atoms with Crippen LogP contribution < -0.4 is 11.2 Å². The second kappa shape index (κ2) is 6.81. The Bertz CT molecular complexity index is 1060. The molecule has 0 unspecified atom stereocenters. The normalized spacial score (nSPS) is 11.1. The summed E-state index contributed by atoms with van der Waals surface area (Å²) in [7, 11) is 0. The number of fused-ring (bicyclic) bond motifs is 1. The maximum Gasteiger partial charge on any atom is 0.332 e. The van der Waals surface area contributed by atoms with Crippen LogP contribution in [0.3, 0.4) is 0 Å². The fourth-order valence-electron chi connectivity index (χ4n) is 2.82. The minimum atomic E-state index is -0.344. The van der Waals surface area contributed by atoms with Crippen LogP contribution in [0.15, 0.2) is 22.0 Å². The molecule has 0 aliphatic carbocycles. The van der Waals surface area contributed by atoms with Crippen LogP contribution in [0.1, 0.15) is 26.7 Å². The van der Waals surface area contributed by atoms with E-state index >= 15 is 0 Å². The number of aromatic amines is 1. The van der Waals surface area contributed by atoms with Gasteiger partial charge < -0.3 is 4.98 Å². The monoisotopic (exact) mass is 340 g/mol. The van der Waals surface area contributed by atoms with Crippen molar-refractivity contribution in [1.82, 2.24) is 28.9 Å². The maximum absolute atomic E-state index is 12.7. The van der Waals surface area contributed by atoms with E-state index in [1.807, 2.05) is 13.8 Å². The number of nitrogens with zero attached hydrogens (tertiary/aromatic N) is 5. The minimum absolute atomic E-state index is 0.317. The number of terminal acetylenes is 1. The van der Waals surface area contributed by atoms with Crippen LogP contribution in [-0.4, -0.2) is 28.9 Å². The van der Waals surface area contributed by atoms with Crippen molar-refractivity contribution in [2.45, 2.75) is 46.3 Å². The van der Waals surface area contributed by atoms with E-state index in [1.54, 1.807) is 21.6 Å². The molecule has 0 aliphatic heterocycles. The largest absolute Gasteiger partial charge is 0.332 e. The van der Waals surface area contributed by atoms with Crippen molar-refractivity contribution in [3.8, 4) is 23.7 Å². The highest BCUT2D eigenvalue weighted by Crippen LogP contribution is 2.17. The molecule has 8 nitrogen and oxygen atoms in total. The summed E-state index contributed by atoms with van der Waals surface area (Å²) in [6, 6.07) is 0. The molecule has 3 aromatic rings. The van der Waals surface area contributed by atoms with E-state index < -0.39 is 0 Å². The van der Waals surface area contributed by atoms with Gasteiger partial charge in [-0.25, -0.2) is 9.78 Å². The lowest BCUT2D eigenvalue weighted by Gasteiger charge is -2.09. The summed E-state index contributed by atoms with van der Waals surface area (Å²) in [4.78, 5) is 32.9. The molecule has 8 heteroatoms. The van der Waals surface area contributed by atoms with Crippen molar-refractivity contribution in [1.29, 1.82) is 0 Å². The summed E-state index contributed by atoms with van der Waals surface area (Å²) in [5.41, 5.74) is 0.764. The molecule has 25 heavy (non-hydrogen) atoms. The number of aryl methyl sites for hydroxylation is 1. The first-order valence-corrected chi connectivity index (χ1v) is 8.30. The molecule has 130 valence electrons. The Balaban J connectivity index is 2.23. The van der Waals surface area contributed by atoms with Gasteiger partial charge in [-0.05, 0) is 12.8 Å². The maximum atomic E-state index is 12.7. The quantitative estimate of drug-likeness (QED) is 0.683. The Hall–Kier alpha value is -3.08. The molecule has 0 aromatic carbocycles. The Morgan fingerprint density at radius 1 is 1.20 bits per heavy atom. The first-order valence-electron chi connectivity index (χ1n) is 8.30. The molecular formula is C17H20N6O2. The van der Waals surface area contributed by atoms with Crippen LogP contribution in [0.2, 0.25) is 0 Å². The zero-order chi connectivity index (χ0) is 18.0. The predicted molar refractivity (Wildman–Crippen MR) is 95.2 cm³/mol. The van der Waals surface area contributed by atoms with Crippen molar-refractivity contribution in [3.05, 3.63) is 33.2 Å². The third-order valence-corrected chi connectivity index (χ3v) is 3.92. The molecule has 0 amide bonds. The van der Waals surface area contributed by atoms with E-state index in [0.29, 0.717) is 48.6 Å². The molecular weight excluding hydrogens is 320 g/mol. The average molecular weight is 340 g/mol. The SMILES string of the molecule is C#CCn1cc(-c2nc3c([nH]2)c(=O)n(CCC)c(=O)n3CCC)cn1.